The summed E-state index contributed by atoms with van der Waals surface area (Å²) in [4.78, 5) is 63.1. The molecule has 3 aliphatic rings. The lowest BCUT2D eigenvalue weighted by molar-refractivity contribution is 0.243. The molecular formula is C112H134Cl4N14O5. The summed E-state index contributed by atoms with van der Waals surface area (Å²) in [5, 5.41) is 19.6. The fourth-order valence-corrected chi connectivity index (χ4v) is 20.0. The van der Waals surface area contributed by atoms with Gasteiger partial charge >= 0.3 is 24.1 Å². The van der Waals surface area contributed by atoms with E-state index >= 15 is 0 Å². The lowest BCUT2D eigenvalue weighted by atomic mass is 9.97. The van der Waals surface area contributed by atoms with Crippen LogP contribution in [0.25, 0.3) is 0 Å². The zero-order valence-corrected chi connectivity index (χ0v) is 84.2. The average Bonchev–Trinajstić information content (AvgIpc) is 1.76. The fraction of sp³-hybridized carbons (Fsp3) is 0.348. The van der Waals surface area contributed by atoms with Crippen LogP contribution < -0.4 is 68.5 Å². The zero-order valence-electron chi connectivity index (χ0n) is 81.2. The van der Waals surface area contributed by atoms with Crippen LogP contribution in [-0.2, 0) is 83.7 Å². The van der Waals surface area contributed by atoms with Gasteiger partial charge < -0.3 is 48.9 Å². The summed E-state index contributed by atoms with van der Waals surface area (Å²) >= 11 is 25.8. The third-order valence-electron chi connectivity index (χ3n) is 26.3. The summed E-state index contributed by atoms with van der Waals surface area (Å²) in [5.74, 6) is 2.08. The molecule has 1 aromatic heterocycles. The van der Waals surface area contributed by atoms with Crippen LogP contribution in [0.4, 0.5) is 87.4 Å². The number of anilines is 12. The molecule has 0 radical (unpaired) electrons. The zero-order chi connectivity index (χ0) is 97.2. The second-order valence-electron chi connectivity index (χ2n) is 35.6. The number of benzene rings is 11. The number of fused-ring (bicyclic) bond motifs is 3. The van der Waals surface area contributed by atoms with E-state index in [9.17, 15) is 19.2 Å². The Morgan fingerprint density at radius 3 is 1.21 bits per heavy atom. The third-order valence-corrected chi connectivity index (χ3v) is 27.6. The maximum absolute atomic E-state index is 14.1. The highest BCUT2D eigenvalue weighted by Crippen LogP contribution is 2.47. The summed E-state index contributed by atoms with van der Waals surface area (Å²) in [6, 6.07) is 63.7. The van der Waals surface area contributed by atoms with Crippen LogP contribution in [0.1, 0.15) is 266 Å². The Labute approximate surface area is 819 Å². The van der Waals surface area contributed by atoms with Crippen molar-refractivity contribution in [3.63, 3.8) is 0 Å². The molecule has 710 valence electrons. The number of urea groups is 4. The molecule has 0 saturated carbocycles. The predicted octanol–water partition coefficient (Wildman–Crippen LogP) is 29.6. The number of carbonyl (C=O) groups is 4. The molecular weight excluding hydrogens is 1760 g/mol. The van der Waals surface area contributed by atoms with Crippen LogP contribution >= 0.6 is 46.4 Å². The van der Waals surface area contributed by atoms with Gasteiger partial charge in [0.1, 0.15) is 5.75 Å². The second kappa shape index (κ2) is 46.9. The minimum atomic E-state index is -0.232. The number of carbonyl (C=O) groups excluding carboxylic acids is 4. The van der Waals surface area contributed by atoms with Gasteiger partial charge in [0.25, 0.3) is 0 Å². The number of hydrogen-bond donors (Lipinski definition) is 8. The minimum Gasteiger partial charge on any atom is -0.493 e. The van der Waals surface area contributed by atoms with Gasteiger partial charge in [0.15, 0.2) is 0 Å². The van der Waals surface area contributed by atoms with Crippen molar-refractivity contribution in [1.82, 2.24) is 9.78 Å². The van der Waals surface area contributed by atoms with Crippen molar-refractivity contribution in [2.45, 2.75) is 250 Å². The number of nitrogen functional groups attached to an aromatic ring is 4. The van der Waals surface area contributed by atoms with E-state index in [0.717, 1.165) is 163 Å². The van der Waals surface area contributed by atoms with E-state index in [-0.39, 0.29) is 42.2 Å². The molecule has 2 heterocycles. The summed E-state index contributed by atoms with van der Waals surface area (Å²) in [7, 11) is 0. The number of ether oxygens (including phenoxy) is 1. The van der Waals surface area contributed by atoms with E-state index in [2.05, 4.69) is 174 Å². The Balaban J connectivity index is 0.000000162. The van der Waals surface area contributed by atoms with Crippen LogP contribution in [-0.4, -0.2) is 40.5 Å². The van der Waals surface area contributed by atoms with Crippen LogP contribution in [0.2, 0.25) is 20.1 Å². The van der Waals surface area contributed by atoms with Crippen molar-refractivity contribution in [1.29, 1.82) is 0 Å². The molecule has 12 N–H and O–H groups in total. The molecule has 23 heteroatoms. The molecule has 15 rings (SSSR count). The smallest absolute Gasteiger partial charge is 0.326 e. The number of para-hydroxylation sites is 1. The van der Waals surface area contributed by atoms with Gasteiger partial charge in [0, 0.05) is 95.9 Å². The van der Waals surface area contributed by atoms with Gasteiger partial charge in [0.05, 0.1) is 60.2 Å². The Morgan fingerprint density at radius 2 is 0.785 bits per heavy atom. The molecule has 19 nitrogen and oxygen atoms in total. The maximum Gasteiger partial charge on any atom is 0.326 e. The Kier molecular flexibility index (Phi) is 35.4. The van der Waals surface area contributed by atoms with Crippen LogP contribution in [0, 0.1) is 0 Å². The first-order valence-electron chi connectivity index (χ1n) is 48.0. The van der Waals surface area contributed by atoms with Gasteiger partial charge in [-0.3, -0.25) is 24.3 Å². The number of nitrogens with two attached hydrogens (primary N) is 4. The number of rotatable bonds is 26. The molecule has 3 atom stereocenters. The molecule has 0 spiro atoms. The molecule has 135 heavy (non-hydrogen) atoms. The number of aromatic nitrogens is 2. The first-order chi connectivity index (χ1) is 64.9. The number of aryl methyl sites for hydroxylation is 5. The van der Waals surface area contributed by atoms with E-state index in [1.165, 1.54) is 38.9 Å². The van der Waals surface area contributed by atoms with Crippen molar-refractivity contribution in [2.24, 2.45) is 0 Å². The number of halogens is 4. The number of hydrogen-bond acceptors (Lipinski definition) is 10. The van der Waals surface area contributed by atoms with Gasteiger partial charge in [-0.15, -0.1) is 0 Å². The summed E-state index contributed by atoms with van der Waals surface area (Å²) in [6.45, 7) is 35.3. The molecule has 0 saturated heterocycles. The Bertz CT molecular complexity index is 6050. The average molecular weight is 1900 g/mol. The second-order valence-corrected chi connectivity index (χ2v) is 37.2. The van der Waals surface area contributed by atoms with E-state index in [0.29, 0.717) is 119 Å². The molecule has 3 unspecified atom stereocenters. The van der Waals surface area contributed by atoms with Crippen molar-refractivity contribution in [3.05, 3.63) is 327 Å². The van der Waals surface area contributed by atoms with Gasteiger partial charge in [-0.2, -0.15) is 5.10 Å². The predicted molar refractivity (Wildman–Crippen MR) is 568 cm³/mol. The third kappa shape index (κ3) is 23.5. The van der Waals surface area contributed by atoms with E-state index in [1.807, 2.05) is 165 Å². The van der Waals surface area contributed by atoms with Crippen molar-refractivity contribution >= 4 is 139 Å². The summed E-state index contributed by atoms with van der Waals surface area (Å²) in [6.07, 6.45) is 14.7. The molecule has 0 bridgehead atoms. The Hall–Kier alpha value is -12.1. The molecule has 11 aromatic carbocycles. The first kappa shape index (κ1) is 102. The number of amides is 8. The van der Waals surface area contributed by atoms with Crippen molar-refractivity contribution in [2.75, 3.05) is 70.4 Å². The molecule has 12 aromatic rings. The van der Waals surface area contributed by atoms with Crippen LogP contribution in [0.5, 0.6) is 5.75 Å². The lowest BCUT2D eigenvalue weighted by Crippen LogP contribution is -2.40. The van der Waals surface area contributed by atoms with E-state index in [4.69, 9.17) is 74.1 Å². The SMILES string of the molecule is CCc1c(N)cc(Cl)c(CC)c1NC(=O)N(c1ccc(C(C)C)cc1)C1CCOc2ccccc21.CCc1c(N)cc(Cl)c(CC)c1NC(=O)N(c1ccc(C(C)C)cc1)C1CCc2cc(Cl)ccc21.CCc1ccc(N(Cc2cnn(CC)c2)C(=O)Nc2c(CC)c(N)cc(Cl)c2CC)cc1.CCc1ccc(N)c(CC)c1NC(=O)N(c1ccc(C(C)C)cc1)C1CCc2ccccc21. The topological polar surface area (TPSA) is 260 Å². The van der Waals surface area contributed by atoms with Crippen LogP contribution in [0.3, 0.4) is 0 Å². The van der Waals surface area contributed by atoms with Crippen molar-refractivity contribution in [3.8, 4) is 5.75 Å². The standard InChI is InChI=1S/C29H33Cl2N3O.C29H34ClN3O2.C29H35N3O.C25H32ClN5O/c1-5-22-25(31)16-26(32)23(6-2)28(22)33-29(35)34(21-11-7-18(8-12-21)17(3)4)27-14-9-19-15-20(30)10-13-24(19)27;1-5-21-24(30)17-25(31)22(6-2)28(21)32-29(34)33(20-13-11-19(12-14-20)18(3)4)26-15-16-35-27-10-8-7-9-23(26)27;1-5-20-13-17-26(30)24(6-2)28(20)31-29(33)32(23-15-11-21(12-16-23)19(3)4)27-18-14-22-9-7-8-10-25(22)27;1-5-17-9-11-19(12-10-17)31(16-18-14-28-30(8-4)15-18)25(32)29-24-20(6-2)22(26)13-23(27)21(24)7-3/h7-8,10-13,15-17,27H,5-6,9,14,32H2,1-4H3,(H,33,35);7-14,17-18,26H,5-6,15-16,31H2,1-4H3,(H,32,34);7-13,15-17,19,27H,5-6,14,18,30H2,1-4H3,(H,31,33);9-15H,5-8,16,27H2,1-4H3,(H,29,32). The highest BCUT2D eigenvalue weighted by atomic mass is 35.5. The summed E-state index contributed by atoms with van der Waals surface area (Å²) < 4.78 is 7.76. The maximum atomic E-state index is 14.1. The molecule has 1 aliphatic heterocycles. The monoisotopic (exact) mass is 1890 g/mol. The minimum absolute atomic E-state index is 0.00214. The van der Waals surface area contributed by atoms with E-state index in [1.54, 1.807) is 29.3 Å². The first-order valence-corrected chi connectivity index (χ1v) is 49.5. The largest absolute Gasteiger partial charge is 0.493 e. The van der Waals surface area contributed by atoms with E-state index < -0.39 is 0 Å². The number of nitrogens with zero attached hydrogens (tertiary/aromatic N) is 6. The highest BCUT2D eigenvalue weighted by Gasteiger charge is 2.38. The molecule has 2 aliphatic carbocycles. The lowest BCUT2D eigenvalue weighted by Gasteiger charge is -2.36. The normalized spacial score (nSPS) is 13.9. The van der Waals surface area contributed by atoms with Crippen molar-refractivity contribution < 1.29 is 23.9 Å². The summed E-state index contributed by atoms with van der Waals surface area (Å²) in [5.41, 5.74) is 53.4. The fourth-order valence-electron chi connectivity index (χ4n) is 18.8. The highest BCUT2D eigenvalue weighted by molar-refractivity contribution is 6.33. The quantitative estimate of drug-likeness (QED) is 0.0238. The van der Waals surface area contributed by atoms with Gasteiger partial charge in [-0.25, -0.2) is 19.2 Å². The van der Waals surface area contributed by atoms with Gasteiger partial charge in [0.2, 0.25) is 0 Å². The van der Waals surface area contributed by atoms with Gasteiger partial charge in [-0.05, 0) is 288 Å². The van der Waals surface area contributed by atoms with Crippen LogP contribution in [0.15, 0.2) is 207 Å². The Morgan fingerprint density at radius 1 is 0.393 bits per heavy atom. The molecule has 0 fully saturated rings. The molecule has 8 amide bonds. The van der Waals surface area contributed by atoms with Gasteiger partial charge in [-0.1, -0.05) is 253 Å². The number of nitrogens with one attached hydrogen (secondary N) is 4.